The molecule has 1 aromatic carbocycles. The van der Waals surface area contributed by atoms with Gasteiger partial charge in [0.2, 0.25) is 0 Å². The second-order valence-electron chi connectivity index (χ2n) is 5.24. The quantitative estimate of drug-likeness (QED) is 0.749. The lowest BCUT2D eigenvalue weighted by molar-refractivity contribution is 0.0861. The molecule has 1 fully saturated rings. The van der Waals surface area contributed by atoms with Crippen LogP contribution in [0.15, 0.2) is 30.3 Å². The van der Waals surface area contributed by atoms with E-state index in [0.717, 1.165) is 25.1 Å². The van der Waals surface area contributed by atoms with Crippen LogP contribution >= 0.6 is 0 Å². The molecule has 0 heterocycles. The summed E-state index contributed by atoms with van der Waals surface area (Å²) in [5, 5.41) is 0. The van der Waals surface area contributed by atoms with Crippen LogP contribution in [0, 0.1) is 5.92 Å². The van der Waals surface area contributed by atoms with E-state index < -0.39 is 0 Å². The molecule has 1 aromatic rings. The molecular weight excluding hydrogens is 210 g/mol. The lowest BCUT2D eigenvalue weighted by atomic mass is 10.1. The first-order chi connectivity index (χ1) is 8.22. The SMILES string of the molecule is COCC(C)N(Cc1ccccc1)C1CC1C. The number of hydrogen-bond donors (Lipinski definition) is 0. The zero-order chi connectivity index (χ0) is 12.3. The number of rotatable bonds is 6. The van der Waals surface area contributed by atoms with Crippen LogP contribution in [0.25, 0.3) is 0 Å². The van der Waals surface area contributed by atoms with Crippen LogP contribution in [0.1, 0.15) is 25.8 Å². The molecule has 94 valence electrons. The van der Waals surface area contributed by atoms with Crippen LogP contribution in [0.3, 0.4) is 0 Å². The van der Waals surface area contributed by atoms with Crippen molar-refractivity contribution in [3.63, 3.8) is 0 Å². The highest BCUT2D eigenvalue weighted by Crippen LogP contribution is 2.37. The monoisotopic (exact) mass is 233 g/mol. The van der Waals surface area contributed by atoms with Crippen LogP contribution in [0.2, 0.25) is 0 Å². The van der Waals surface area contributed by atoms with Gasteiger partial charge < -0.3 is 4.74 Å². The Labute approximate surface area is 105 Å². The molecule has 3 unspecified atom stereocenters. The molecule has 2 heteroatoms. The summed E-state index contributed by atoms with van der Waals surface area (Å²) in [4.78, 5) is 2.59. The minimum Gasteiger partial charge on any atom is -0.383 e. The third kappa shape index (κ3) is 3.30. The fourth-order valence-electron chi connectivity index (χ4n) is 2.50. The molecule has 17 heavy (non-hydrogen) atoms. The summed E-state index contributed by atoms with van der Waals surface area (Å²) in [5.74, 6) is 0.845. The van der Waals surface area contributed by atoms with Crippen molar-refractivity contribution in [2.45, 2.75) is 38.9 Å². The summed E-state index contributed by atoms with van der Waals surface area (Å²) in [7, 11) is 1.79. The third-order valence-electron chi connectivity index (χ3n) is 3.67. The average Bonchev–Trinajstić information content (AvgIpc) is 3.05. The molecule has 1 aliphatic carbocycles. The second kappa shape index (κ2) is 5.65. The molecule has 1 saturated carbocycles. The van der Waals surface area contributed by atoms with Gasteiger partial charge in [-0.05, 0) is 24.8 Å². The summed E-state index contributed by atoms with van der Waals surface area (Å²) in [6.45, 7) is 6.45. The standard InChI is InChI=1S/C15H23NO/c1-12-9-15(12)16(13(2)11-17-3)10-14-7-5-4-6-8-14/h4-8,12-13,15H,9-11H2,1-3H3. The highest BCUT2D eigenvalue weighted by molar-refractivity contribution is 5.15. The van der Waals surface area contributed by atoms with Gasteiger partial charge in [0.25, 0.3) is 0 Å². The topological polar surface area (TPSA) is 12.5 Å². The normalized spacial score (nSPS) is 24.9. The summed E-state index contributed by atoms with van der Waals surface area (Å²) in [5.41, 5.74) is 1.40. The molecule has 0 aromatic heterocycles. The molecule has 2 rings (SSSR count). The van der Waals surface area contributed by atoms with Crippen LogP contribution < -0.4 is 0 Å². The van der Waals surface area contributed by atoms with Gasteiger partial charge in [0.1, 0.15) is 0 Å². The van der Waals surface area contributed by atoms with E-state index in [-0.39, 0.29) is 0 Å². The van der Waals surface area contributed by atoms with Gasteiger partial charge in [0, 0.05) is 25.7 Å². The summed E-state index contributed by atoms with van der Waals surface area (Å²) < 4.78 is 5.29. The molecule has 0 amide bonds. The predicted molar refractivity (Wildman–Crippen MR) is 70.9 cm³/mol. The van der Waals surface area contributed by atoms with E-state index in [0.29, 0.717) is 6.04 Å². The maximum absolute atomic E-state index is 5.29. The molecule has 2 nitrogen and oxygen atoms in total. The number of benzene rings is 1. The molecule has 0 saturated heterocycles. The van der Waals surface area contributed by atoms with E-state index in [1.165, 1.54) is 12.0 Å². The van der Waals surface area contributed by atoms with Gasteiger partial charge in [-0.3, -0.25) is 4.90 Å². The van der Waals surface area contributed by atoms with Crippen molar-refractivity contribution < 1.29 is 4.74 Å². The molecule has 0 spiro atoms. The average molecular weight is 233 g/mol. The van der Waals surface area contributed by atoms with Crippen molar-refractivity contribution in [2.24, 2.45) is 5.92 Å². The van der Waals surface area contributed by atoms with E-state index in [9.17, 15) is 0 Å². The predicted octanol–water partition coefficient (Wildman–Crippen LogP) is 2.93. The first-order valence-electron chi connectivity index (χ1n) is 6.51. The maximum Gasteiger partial charge on any atom is 0.0615 e. The number of nitrogens with zero attached hydrogens (tertiary/aromatic N) is 1. The molecule has 3 atom stereocenters. The van der Waals surface area contributed by atoms with Gasteiger partial charge >= 0.3 is 0 Å². The Kier molecular flexibility index (Phi) is 4.19. The number of hydrogen-bond acceptors (Lipinski definition) is 2. The Hall–Kier alpha value is -0.860. The van der Waals surface area contributed by atoms with E-state index in [1.54, 1.807) is 7.11 Å². The minimum atomic E-state index is 0.496. The van der Waals surface area contributed by atoms with Crippen molar-refractivity contribution in [1.82, 2.24) is 4.90 Å². The van der Waals surface area contributed by atoms with Gasteiger partial charge in [-0.2, -0.15) is 0 Å². The smallest absolute Gasteiger partial charge is 0.0615 e. The second-order valence-corrected chi connectivity index (χ2v) is 5.24. The van der Waals surface area contributed by atoms with Crippen LogP contribution in [0.5, 0.6) is 0 Å². The first-order valence-corrected chi connectivity index (χ1v) is 6.51. The lowest BCUT2D eigenvalue weighted by Crippen LogP contribution is -2.38. The van der Waals surface area contributed by atoms with Crippen LogP contribution in [-0.4, -0.2) is 30.7 Å². The maximum atomic E-state index is 5.29. The molecular formula is C15H23NO. The number of methoxy groups -OCH3 is 1. The zero-order valence-corrected chi connectivity index (χ0v) is 11.1. The summed E-state index contributed by atoms with van der Waals surface area (Å²) >= 11 is 0. The minimum absolute atomic E-state index is 0.496. The summed E-state index contributed by atoms with van der Waals surface area (Å²) in [6.07, 6.45) is 1.33. The van der Waals surface area contributed by atoms with E-state index in [2.05, 4.69) is 49.1 Å². The Morgan fingerprint density at radius 1 is 1.35 bits per heavy atom. The number of ether oxygens (including phenoxy) is 1. The van der Waals surface area contributed by atoms with Gasteiger partial charge in [-0.25, -0.2) is 0 Å². The fourth-order valence-corrected chi connectivity index (χ4v) is 2.50. The molecule has 0 radical (unpaired) electrons. The van der Waals surface area contributed by atoms with Gasteiger partial charge in [0.05, 0.1) is 6.61 Å². The van der Waals surface area contributed by atoms with Gasteiger partial charge in [-0.1, -0.05) is 37.3 Å². The summed E-state index contributed by atoms with van der Waals surface area (Å²) in [6, 6.07) is 12.0. The van der Waals surface area contributed by atoms with Crippen molar-refractivity contribution in [2.75, 3.05) is 13.7 Å². The van der Waals surface area contributed by atoms with E-state index >= 15 is 0 Å². The van der Waals surface area contributed by atoms with Gasteiger partial charge in [0.15, 0.2) is 0 Å². The Balaban J connectivity index is 2.01. The van der Waals surface area contributed by atoms with Gasteiger partial charge in [-0.15, -0.1) is 0 Å². The Morgan fingerprint density at radius 3 is 2.53 bits per heavy atom. The van der Waals surface area contributed by atoms with Crippen LogP contribution in [-0.2, 0) is 11.3 Å². The highest BCUT2D eigenvalue weighted by Gasteiger charge is 2.39. The van der Waals surface area contributed by atoms with Crippen molar-refractivity contribution in [3.05, 3.63) is 35.9 Å². The zero-order valence-electron chi connectivity index (χ0n) is 11.1. The highest BCUT2D eigenvalue weighted by atomic mass is 16.5. The van der Waals surface area contributed by atoms with Crippen molar-refractivity contribution >= 4 is 0 Å². The Morgan fingerprint density at radius 2 is 2.00 bits per heavy atom. The largest absolute Gasteiger partial charge is 0.383 e. The van der Waals surface area contributed by atoms with Crippen molar-refractivity contribution in [1.29, 1.82) is 0 Å². The third-order valence-corrected chi connectivity index (χ3v) is 3.67. The molecule has 1 aliphatic rings. The Bertz CT molecular complexity index is 338. The molecule has 0 N–H and O–H groups in total. The fraction of sp³-hybridized carbons (Fsp3) is 0.600. The van der Waals surface area contributed by atoms with Crippen LogP contribution in [0.4, 0.5) is 0 Å². The first kappa shape index (κ1) is 12.6. The van der Waals surface area contributed by atoms with E-state index in [1.807, 2.05) is 0 Å². The molecule has 0 bridgehead atoms. The van der Waals surface area contributed by atoms with Crippen molar-refractivity contribution in [3.8, 4) is 0 Å². The lowest BCUT2D eigenvalue weighted by Gasteiger charge is -2.29. The van der Waals surface area contributed by atoms with E-state index in [4.69, 9.17) is 4.74 Å². The molecule has 0 aliphatic heterocycles.